The van der Waals surface area contributed by atoms with Gasteiger partial charge in [0.2, 0.25) is 10.0 Å². The second-order valence-corrected chi connectivity index (χ2v) is 10.0. The van der Waals surface area contributed by atoms with E-state index in [1.54, 1.807) is 17.5 Å². The smallest absolute Gasteiger partial charge is 0.243 e. The molecule has 1 aromatic carbocycles. The number of methoxy groups -OCH3 is 1. The van der Waals surface area contributed by atoms with E-state index in [1.807, 2.05) is 6.07 Å². The standard InChI is InChI=1S/C20H30N2O4S/c1-21-13-14-26-20(15-21)9-11-22(12-10-20)27(23,24)19-8-7-18(25-2)16-5-3-4-6-17(16)19/h7-8H,3-6,9-15H2,1-2H3. The van der Waals surface area contributed by atoms with Gasteiger partial charge in [0.25, 0.3) is 0 Å². The van der Waals surface area contributed by atoms with Gasteiger partial charge in [-0.05, 0) is 68.8 Å². The summed E-state index contributed by atoms with van der Waals surface area (Å²) in [5, 5.41) is 0. The summed E-state index contributed by atoms with van der Waals surface area (Å²) in [6.45, 7) is 3.61. The van der Waals surface area contributed by atoms with Gasteiger partial charge in [-0.3, -0.25) is 0 Å². The van der Waals surface area contributed by atoms with Crippen LogP contribution < -0.4 is 4.74 Å². The number of rotatable bonds is 3. The van der Waals surface area contributed by atoms with Crippen LogP contribution in [0.4, 0.5) is 0 Å². The van der Waals surface area contributed by atoms with Gasteiger partial charge in [0.05, 0.1) is 24.2 Å². The van der Waals surface area contributed by atoms with E-state index in [0.717, 1.165) is 75.1 Å². The van der Waals surface area contributed by atoms with Gasteiger partial charge in [-0.15, -0.1) is 0 Å². The van der Waals surface area contributed by atoms with E-state index in [1.165, 1.54) is 0 Å². The largest absolute Gasteiger partial charge is 0.496 e. The minimum absolute atomic E-state index is 0.182. The average molecular weight is 395 g/mol. The van der Waals surface area contributed by atoms with E-state index in [2.05, 4.69) is 11.9 Å². The molecular weight excluding hydrogens is 364 g/mol. The van der Waals surface area contributed by atoms with Gasteiger partial charge in [0.15, 0.2) is 0 Å². The molecule has 6 nitrogen and oxygen atoms in total. The summed E-state index contributed by atoms with van der Waals surface area (Å²) in [5.74, 6) is 0.819. The van der Waals surface area contributed by atoms with Crippen LogP contribution in [0.25, 0.3) is 0 Å². The number of morpholine rings is 1. The Hall–Kier alpha value is -1.15. The van der Waals surface area contributed by atoms with E-state index in [-0.39, 0.29) is 5.60 Å². The maximum Gasteiger partial charge on any atom is 0.243 e. The van der Waals surface area contributed by atoms with Crippen molar-refractivity contribution in [2.75, 3.05) is 46.9 Å². The molecule has 150 valence electrons. The lowest BCUT2D eigenvalue weighted by molar-refractivity contribution is -0.124. The molecule has 0 radical (unpaired) electrons. The van der Waals surface area contributed by atoms with Crippen LogP contribution >= 0.6 is 0 Å². The van der Waals surface area contributed by atoms with Crippen molar-refractivity contribution in [2.45, 2.75) is 49.0 Å². The molecule has 2 heterocycles. The van der Waals surface area contributed by atoms with E-state index in [0.29, 0.717) is 18.0 Å². The second-order valence-electron chi connectivity index (χ2n) is 8.10. The lowest BCUT2D eigenvalue weighted by atomic mass is 9.90. The Labute approximate surface area is 162 Å². The van der Waals surface area contributed by atoms with Crippen molar-refractivity contribution in [2.24, 2.45) is 0 Å². The molecular formula is C20H30N2O4S. The lowest BCUT2D eigenvalue weighted by Gasteiger charge is -2.46. The molecule has 2 saturated heterocycles. The highest BCUT2D eigenvalue weighted by Gasteiger charge is 2.42. The SMILES string of the molecule is COc1ccc(S(=O)(=O)N2CCC3(CC2)CN(C)CCO3)c2c1CCCC2. The number of likely N-dealkylation sites (N-methyl/N-ethyl adjacent to an activating group) is 1. The van der Waals surface area contributed by atoms with Gasteiger partial charge >= 0.3 is 0 Å². The highest BCUT2D eigenvalue weighted by atomic mass is 32.2. The van der Waals surface area contributed by atoms with Crippen LogP contribution in [-0.4, -0.2) is 70.2 Å². The maximum absolute atomic E-state index is 13.4. The van der Waals surface area contributed by atoms with Crippen molar-refractivity contribution in [1.29, 1.82) is 0 Å². The fourth-order valence-electron chi connectivity index (χ4n) is 4.84. The number of hydrogen-bond acceptors (Lipinski definition) is 5. The first kappa shape index (κ1) is 19.2. The molecule has 0 saturated carbocycles. The topological polar surface area (TPSA) is 59.1 Å². The molecule has 7 heteroatoms. The Morgan fingerprint density at radius 3 is 2.44 bits per heavy atom. The van der Waals surface area contributed by atoms with E-state index in [9.17, 15) is 8.42 Å². The fourth-order valence-corrected chi connectivity index (χ4v) is 6.56. The summed E-state index contributed by atoms with van der Waals surface area (Å²) in [6, 6.07) is 3.56. The van der Waals surface area contributed by atoms with Crippen LogP contribution in [0.2, 0.25) is 0 Å². The Bertz CT molecular complexity index is 800. The predicted octanol–water partition coefficient (Wildman–Crippen LogP) is 2.06. The molecule has 3 aliphatic rings. The van der Waals surface area contributed by atoms with E-state index >= 15 is 0 Å². The molecule has 0 aromatic heterocycles. The zero-order valence-corrected chi connectivity index (χ0v) is 17.2. The van der Waals surface area contributed by atoms with Crippen molar-refractivity contribution in [1.82, 2.24) is 9.21 Å². The fraction of sp³-hybridized carbons (Fsp3) is 0.700. The molecule has 27 heavy (non-hydrogen) atoms. The average Bonchev–Trinajstić information content (AvgIpc) is 2.67. The number of sulfonamides is 1. The molecule has 1 spiro atoms. The lowest BCUT2D eigenvalue weighted by Crippen LogP contribution is -2.56. The zero-order valence-electron chi connectivity index (χ0n) is 16.4. The second kappa shape index (κ2) is 7.35. The van der Waals surface area contributed by atoms with Crippen molar-refractivity contribution in [3.63, 3.8) is 0 Å². The van der Waals surface area contributed by atoms with E-state index < -0.39 is 10.0 Å². The summed E-state index contributed by atoms with van der Waals surface area (Å²) in [7, 11) is 0.276. The zero-order chi connectivity index (χ0) is 19.1. The van der Waals surface area contributed by atoms with Crippen LogP contribution in [-0.2, 0) is 27.6 Å². The Balaban J connectivity index is 1.58. The third-order valence-corrected chi connectivity index (χ3v) is 8.34. The van der Waals surface area contributed by atoms with Crippen molar-refractivity contribution >= 4 is 10.0 Å². The Kier molecular flexibility index (Phi) is 5.22. The monoisotopic (exact) mass is 394 g/mol. The number of fused-ring (bicyclic) bond motifs is 1. The van der Waals surface area contributed by atoms with E-state index in [4.69, 9.17) is 9.47 Å². The van der Waals surface area contributed by atoms with Crippen molar-refractivity contribution < 1.29 is 17.9 Å². The minimum Gasteiger partial charge on any atom is -0.496 e. The summed E-state index contributed by atoms with van der Waals surface area (Å²) in [6.07, 6.45) is 5.34. The molecule has 1 aliphatic carbocycles. The van der Waals surface area contributed by atoms with Crippen LogP contribution in [0.3, 0.4) is 0 Å². The number of benzene rings is 1. The van der Waals surface area contributed by atoms with Gasteiger partial charge in [-0.2, -0.15) is 4.31 Å². The van der Waals surface area contributed by atoms with Crippen molar-refractivity contribution in [3.05, 3.63) is 23.3 Å². The molecule has 0 N–H and O–H groups in total. The van der Waals surface area contributed by atoms with Gasteiger partial charge in [0, 0.05) is 26.2 Å². The molecule has 0 unspecified atom stereocenters. The van der Waals surface area contributed by atoms with Crippen LogP contribution in [0.1, 0.15) is 36.8 Å². The van der Waals surface area contributed by atoms with Crippen LogP contribution in [0, 0.1) is 0 Å². The molecule has 2 aliphatic heterocycles. The highest BCUT2D eigenvalue weighted by molar-refractivity contribution is 7.89. The normalized spacial score (nSPS) is 23.9. The third-order valence-electron chi connectivity index (χ3n) is 6.36. The van der Waals surface area contributed by atoms with Gasteiger partial charge < -0.3 is 14.4 Å². The minimum atomic E-state index is -3.49. The molecule has 0 bridgehead atoms. The quantitative estimate of drug-likeness (QED) is 0.785. The van der Waals surface area contributed by atoms with Gasteiger partial charge in [0.1, 0.15) is 5.75 Å². The summed E-state index contributed by atoms with van der Waals surface area (Å²) in [5.41, 5.74) is 1.86. The molecule has 0 amide bonds. The molecule has 4 rings (SSSR count). The van der Waals surface area contributed by atoms with Crippen LogP contribution in [0.5, 0.6) is 5.75 Å². The first-order valence-corrected chi connectivity index (χ1v) is 11.4. The van der Waals surface area contributed by atoms with Gasteiger partial charge in [-0.1, -0.05) is 0 Å². The summed E-state index contributed by atoms with van der Waals surface area (Å²) < 4.78 is 40.1. The third kappa shape index (κ3) is 3.50. The molecule has 2 fully saturated rings. The number of nitrogens with zero attached hydrogens (tertiary/aromatic N) is 2. The number of ether oxygens (including phenoxy) is 2. The Morgan fingerprint density at radius 1 is 1.07 bits per heavy atom. The van der Waals surface area contributed by atoms with Gasteiger partial charge in [-0.25, -0.2) is 8.42 Å². The first-order chi connectivity index (χ1) is 13.0. The first-order valence-electron chi connectivity index (χ1n) is 9.97. The predicted molar refractivity (Wildman–Crippen MR) is 104 cm³/mol. The van der Waals surface area contributed by atoms with Crippen molar-refractivity contribution in [3.8, 4) is 5.75 Å². The maximum atomic E-state index is 13.4. The van der Waals surface area contributed by atoms with Crippen LogP contribution in [0.15, 0.2) is 17.0 Å². The molecule has 0 atom stereocenters. The summed E-state index contributed by atoms with van der Waals surface area (Å²) >= 11 is 0. The number of hydrogen-bond donors (Lipinski definition) is 0. The summed E-state index contributed by atoms with van der Waals surface area (Å²) in [4.78, 5) is 2.77. The number of piperidine rings is 1. The highest BCUT2D eigenvalue weighted by Crippen LogP contribution is 2.37. The molecule has 1 aromatic rings. The Morgan fingerprint density at radius 2 is 1.78 bits per heavy atom.